The molecule has 1 amide bonds. The summed E-state index contributed by atoms with van der Waals surface area (Å²) in [5.41, 5.74) is -0.0360. The van der Waals surface area contributed by atoms with Crippen LogP contribution in [0.2, 0.25) is 0 Å². The van der Waals surface area contributed by atoms with Crippen LogP contribution in [0, 0.1) is 6.92 Å². The topological polar surface area (TPSA) is 104 Å². The number of para-hydroxylation sites is 1. The van der Waals surface area contributed by atoms with Crippen molar-refractivity contribution in [3.8, 4) is 5.75 Å². The molecule has 134 valence electrons. The van der Waals surface area contributed by atoms with Crippen LogP contribution >= 0.6 is 0 Å². The molecule has 0 saturated heterocycles. The van der Waals surface area contributed by atoms with Gasteiger partial charge in [-0.2, -0.15) is 0 Å². The van der Waals surface area contributed by atoms with Gasteiger partial charge >= 0.3 is 5.69 Å². The van der Waals surface area contributed by atoms with E-state index in [0.29, 0.717) is 30.8 Å². The van der Waals surface area contributed by atoms with E-state index in [2.05, 4.69) is 15.3 Å². The number of nitrogens with one attached hydrogen (secondary N) is 3. The number of aromatic nitrogens is 2. The number of benzene rings is 1. The smallest absolute Gasteiger partial charge is 0.325 e. The lowest BCUT2D eigenvalue weighted by molar-refractivity contribution is -0.121. The zero-order chi connectivity index (χ0) is 18.1. The first-order chi connectivity index (χ1) is 12.1. The molecule has 1 aromatic heterocycles. The van der Waals surface area contributed by atoms with E-state index >= 15 is 0 Å². The molecule has 0 saturated carbocycles. The van der Waals surface area contributed by atoms with Crippen LogP contribution in [0.4, 0.5) is 0 Å². The Hall–Kier alpha value is -2.83. The largest absolute Gasteiger partial charge is 0.494 e. The summed E-state index contributed by atoms with van der Waals surface area (Å²) in [5.74, 6) is 0.724. The minimum atomic E-state index is -0.534. The molecule has 0 radical (unpaired) electrons. The average molecular weight is 345 g/mol. The molecule has 0 aliphatic rings. The molecule has 0 bridgehead atoms. The number of carbonyl (C=O) groups is 1. The molecule has 1 aromatic carbocycles. The number of amides is 1. The van der Waals surface area contributed by atoms with Gasteiger partial charge in [0.2, 0.25) is 5.91 Å². The van der Waals surface area contributed by atoms with Crippen molar-refractivity contribution in [1.82, 2.24) is 15.3 Å². The third-order valence-corrected chi connectivity index (χ3v) is 3.76. The van der Waals surface area contributed by atoms with Gasteiger partial charge in [0.1, 0.15) is 5.75 Å². The van der Waals surface area contributed by atoms with Crippen molar-refractivity contribution in [3.05, 3.63) is 62.4 Å². The van der Waals surface area contributed by atoms with Crippen LogP contribution in [-0.2, 0) is 11.2 Å². The van der Waals surface area contributed by atoms with E-state index in [-0.39, 0.29) is 12.3 Å². The highest BCUT2D eigenvalue weighted by Crippen LogP contribution is 2.08. The van der Waals surface area contributed by atoms with E-state index in [9.17, 15) is 14.4 Å². The minimum Gasteiger partial charge on any atom is -0.494 e. The fraction of sp³-hybridized carbons (Fsp3) is 0.389. The van der Waals surface area contributed by atoms with Crippen molar-refractivity contribution in [2.24, 2.45) is 0 Å². The SMILES string of the molecule is Cc1[nH]c(=O)[nH]c(=O)c1CCC(=O)NCCCCOc1ccccc1. The van der Waals surface area contributed by atoms with Gasteiger partial charge in [-0.15, -0.1) is 0 Å². The van der Waals surface area contributed by atoms with Crippen LogP contribution in [0.3, 0.4) is 0 Å². The zero-order valence-electron chi connectivity index (χ0n) is 14.3. The maximum absolute atomic E-state index is 11.8. The molecule has 1 heterocycles. The Kier molecular flexibility index (Phi) is 7.00. The van der Waals surface area contributed by atoms with E-state index in [0.717, 1.165) is 18.6 Å². The highest BCUT2D eigenvalue weighted by atomic mass is 16.5. The van der Waals surface area contributed by atoms with Crippen LogP contribution in [0.25, 0.3) is 0 Å². The maximum atomic E-state index is 11.8. The maximum Gasteiger partial charge on any atom is 0.325 e. The van der Waals surface area contributed by atoms with Gasteiger partial charge in [-0.1, -0.05) is 18.2 Å². The van der Waals surface area contributed by atoms with E-state index < -0.39 is 11.2 Å². The Bertz CT molecular complexity index is 796. The third kappa shape index (κ3) is 6.29. The van der Waals surface area contributed by atoms with E-state index in [1.54, 1.807) is 6.92 Å². The Morgan fingerprint density at radius 1 is 1.12 bits per heavy atom. The first-order valence-electron chi connectivity index (χ1n) is 8.33. The summed E-state index contributed by atoms with van der Waals surface area (Å²) in [7, 11) is 0. The quantitative estimate of drug-likeness (QED) is 0.596. The third-order valence-electron chi connectivity index (χ3n) is 3.76. The lowest BCUT2D eigenvalue weighted by atomic mass is 10.1. The van der Waals surface area contributed by atoms with Crippen molar-refractivity contribution in [3.63, 3.8) is 0 Å². The molecule has 0 aliphatic heterocycles. The molecule has 0 unspecified atom stereocenters. The summed E-state index contributed by atoms with van der Waals surface area (Å²) in [6, 6.07) is 9.59. The number of aromatic amines is 2. The number of carbonyl (C=O) groups excluding carboxylic acids is 1. The van der Waals surface area contributed by atoms with Crippen LogP contribution in [-0.4, -0.2) is 29.0 Å². The van der Waals surface area contributed by atoms with Gasteiger partial charge in [-0.3, -0.25) is 14.6 Å². The van der Waals surface area contributed by atoms with Crippen molar-refractivity contribution < 1.29 is 9.53 Å². The molecule has 0 aliphatic carbocycles. The molecule has 7 nitrogen and oxygen atoms in total. The fourth-order valence-electron chi connectivity index (χ4n) is 2.42. The first kappa shape index (κ1) is 18.5. The number of rotatable bonds is 9. The van der Waals surface area contributed by atoms with Gasteiger partial charge < -0.3 is 15.0 Å². The van der Waals surface area contributed by atoms with E-state index in [1.807, 2.05) is 30.3 Å². The highest BCUT2D eigenvalue weighted by molar-refractivity contribution is 5.76. The number of unbranched alkanes of at least 4 members (excludes halogenated alkanes) is 1. The Morgan fingerprint density at radius 2 is 1.88 bits per heavy atom. The molecular formula is C18H23N3O4. The van der Waals surface area contributed by atoms with Crippen LogP contribution < -0.4 is 21.3 Å². The number of hydrogen-bond acceptors (Lipinski definition) is 4. The summed E-state index contributed by atoms with van der Waals surface area (Å²) >= 11 is 0. The second-order valence-electron chi connectivity index (χ2n) is 5.73. The summed E-state index contributed by atoms with van der Waals surface area (Å²) in [6.07, 6.45) is 2.15. The average Bonchev–Trinajstić information content (AvgIpc) is 2.58. The predicted molar refractivity (Wildman–Crippen MR) is 94.9 cm³/mol. The molecule has 7 heteroatoms. The standard InChI is InChI=1S/C18H23N3O4/c1-13-15(17(23)21-18(24)20-13)9-10-16(22)19-11-5-6-12-25-14-7-3-2-4-8-14/h2-4,7-8H,5-6,9-12H2,1H3,(H,19,22)(H2,20,21,23,24). The molecular weight excluding hydrogens is 322 g/mol. The number of ether oxygens (including phenoxy) is 1. The number of aryl methyl sites for hydroxylation is 1. The van der Waals surface area contributed by atoms with E-state index in [4.69, 9.17) is 4.74 Å². The minimum absolute atomic E-state index is 0.117. The lowest BCUT2D eigenvalue weighted by Crippen LogP contribution is -2.29. The fourth-order valence-corrected chi connectivity index (χ4v) is 2.42. The van der Waals surface area contributed by atoms with Crippen LogP contribution in [0.5, 0.6) is 5.75 Å². The Balaban J connectivity index is 1.61. The normalized spacial score (nSPS) is 10.4. The Morgan fingerprint density at radius 3 is 2.60 bits per heavy atom. The van der Waals surface area contributed by atoms with Crippen molar-refractivity contribution in [2.75, 3.05) is 13.2 Å². The first-order valence-corrected chi connectivity index (χ1v) is 8.33. The second kappa shape index (κ2) is 9.46. The van der Waals surface area contributed by atoms with E-state index in [1.165, 1.54) is 0 Å². The van der Waals surface area contributed by atoms with Gasteiger partial charge in [0.15, 0.2) is 0 Å². The van der Waals surface area contributed by atoms with Crippen molar-refractivity contribution >= 4 is 5.91 Å². The van der Waals surface area contributed by atoms with Crippen LogP contribution in [0.1, 0.15) is 30.5 Å². The van der Waals surface area contributed by atoms with Gasteiger partial charge in [0.05, 0.1) is 6.61 Å². The van der Waals surface area contributed by atoms with Gasteiger partial charge in [-0.05, 0) is 38.3 Å². The lowest BCUT2D eigenvalue weighted by Gasteiger charge is -2.07. The predicted octanol–water partition coefficient (Wildman–Crippen LogP) is 1.28. The number of hydrogen-bond donors (Lipinski definition) is 3. The van der Waals surface area contributed by atoms with Gasteiger partial charge in [-0.25, -0.2) is 4.79 Å². The second-order valence-corrected chi connectivity index (χ2v) is 5.73. The number of H-pyrrole nitrogens is 2. The molecule has 2 aromatic rings. The monoisotopic (exact) mass is 345 g/mol. The highest BCUT2D eigenvalue weighted by Gasteiger charge is 2.08. The molecule has 25 heavy (non-hydrogen) atoms. The summed E-state index contributed by atoms with van der Waals surface area (Å²) in [5, 5.41) is 2.82. The molecule has 0 spiro atoms. The van der Waals surface area contributed by atoms with Crippen molar-refractivity contribution in [2.45, 2.75) is 32.6 Å². The summed E-state index contributed by atoms with van der Waals surface area (Å²) < 4.78 is 5.57. The van der Waals surface area contributed by atoms with Crippen LogP contribution in [0.15, 0.2) is 39.9 Å². The molecule has 0 fully saturated rings. The van der Waals surface area contributed by atoms with Gasteiger partial charge in [0.25, 0.3) is 5.56 Å². The zero-order valence-corrected chi connectivity index (χ0v) is 14.3. The summed E-state index contributed by atoms with van der Waals surface area (Å²) in [6.45, 7) is 2.82. The molecule has 3 N–H and O–H groups in total. The van der Waals surface area contributed by atoms with Crippen molar-refractivity contribution in [1.29, 1.82) is 0 Å². The molecule has 0 atom stereocenters. The Labute approximate surface area is 145 Å². The molecule has 2 rings (SSSR count). The van der Waals surface area contributed by atoms with Gasteiger partial charge in [0, 0.05) is 24.2 Å². The summed E-state index contributed by atoms with van der Waals surface area (Å²) in [4.78, 5) is 39.4.